The SMILES string of the molecule is Brc1cc(C2CCNCC2)no1. The van der Waals surface area contributed by atoms with Gasteiger partial charge in [-0.3, -0.25) is 0 Å². The predicted molar refractivity (Wildman–Crippen MR) is 49.0 cm³/mol. The summed E-state index contributed by atoms with van der Waals surface area (Å²) in [6.07, 6.45) is 2.33. The van der Waals surface area contributed by atoms with Gasteiger partial charge in [0.05, 0.1) is 5.69 Å². The Bertz CT molecular complexity index is 255. The Balaban J connectivity index is 2.08. The quantitative estimate of drug-likeness (QED) is 0.802. The van der Waals surface area contributed by atoms with Crippen molar-refractivity contribution in [3.05, 3.63) is 16.4 Å². The zero-order chi connectivity index (χ0) is 8.39. The fourth-order valence-corrected chi connectivity index (χ4v) is 1.88. The van der Waals surface area contributed by atoms with E-state index in [4.69, 9.17) is 4.52 Å². The summed E-state index contributed by atoms with van der Waals surface area (Å²) in [7, 11) is 0. The van der Waals surface area contributed by atoms with Gasteiger partial charge in [0.25, 0.3) is 0 Å². The lowest BCUT2D eigenvalue weighted by atomic mass is 9.95. The third kappa shape index (κ3) is 1.69. The molecule has 0 aliphatic carbocycles. The van der Waals surface area contributed by atoms with E-state index in [-0.39, 0.29) is 0 Å². The van der Waals surface area contributed by atoms with E-state index < -0.39 is 0 Å². The number of rotatable bonds is 1. The molecule has 0 spiro atoms. The van der Waals surface area contributed by atoms with E-state index in [0.717, 1.165) is 23.5 Å². The summed E-state index contributed by atoms with van der Waals surface area (Å²) in [5.74, 6) is 0.585. The predicted octanol–water partition coefficient (Wildman–Crippen LogP) is 1.90. The van der Waals surface area contributed by atoms with Gasteiger partial charge in [-0.2, -0.15) is 0 Å². The van der Waals surface area contributed by atoms with Crippen LogP contribution in [0.5, 0.6) is 0 Å². The highest BCUT2D eigenvalue weighted by molar-refractivity contribution is 9.10. The fourth-order valence-electron chi connectivity index (χ4n) is 1.58. The van der Waals surface area contributed by atoms with Gasteiger partial charge in [-0.25, -0.2) is 0 Å². The second-order valence-corrected chi connectivity index (χ2v) is 3.86. The maximum Gasteiger partial charge on any atom is 0.202 e. The highest BCUT2D eigenvalue weighted by Crippen LogP contribution is 2.25. The van der Waals surface area contributed by atoms with Crippen LogP contribution in [-0.4, -0.2) is 18.2 Å². The van der Waals surface area contributed by atoms with Gasteiger partial charge in [-0.1, -0.05) is 5.16 Å². The van der Waals surface area contributed by atoms with Gasteiger partial charge in [-0.05, 0) is 41.9 Å². The molecule has 2 heterocycles. The molecule has 0 unspecified atom stereocenters. The van der Waals surface area contributed by atoms with Crippen LogP contribution in [0.25, 0.3) is 0 Å². The van der Waals surface area contributed by atoms with Crippen molar-refractivity contribution < 1.29 is 4.52 Å². The van der Waals surface area contributed by atoms with Crippen LogP contribution in [0.4, 0.5) is 0 Å². The Morgan fingerprint density at radius 3 is 2.83 bits per heavy atom. The molecule has 0 bridgehead atoms. The molecule has 0 radical (unpaired) electrons. The van der Waals surface area contributed by atoms with Gasteiger partial charge < -0.3 is 9.84 Å². The van der Waals surface area contributed by atoms with Crippen molar-refractivity contribution in [1.29, 1.82) is 0 Å². The molecular formula is C8H11BrN2O. The van der Waals surface area contributed by atoms with Crippen LogP contribution in [0.1, 0.15) is 24.5 Å². The maximum absolute atomic E-state index is 4.96. The highest BCUT2D eigenvalue weighted by atomic mass is 79.9. The lowest BCUT2D eigenvalue weighted by Crippen LogP contribution is -2.26. The fraction of sp³-hybridized carbons (Fsp3) is 0.625. The monoisotopic (exact) mass is 230 g/mol. The van der Waals surface area contributed by atoms with Crippen molar-refractivity contribution in [3.63, 3.8) is 0 Å². The minimum Gasteiger partial charge on any atom is -0.349 e. The second kappa shape index (κ2) is 3.58. The minimum atomic E-state index is 0.585. The van der Waals surface area contributed by atoms with Crippen LogP contribution in [-0.2, 0) is 0 Å². The summed E-state index contributed by atoms with van der Waals surface area (Å²) < 4.78 is 5.70. The molecule has 1 fully saturated rings. The third-order valence-electron chi connectivity index (χ3n) is 2.26. The largest absolute Gasteiger partial charge is 0.349 e. The van der Waals surface area contributed by atoms with E-state index in [2.05, 4.69) is 26.4 Å². The molecule has 2 rings (SSSR count). The number of nitrogens with one attached hydrogen (secondary N) is 1. The number of piperidine rings is 1. The Morgan fingerprint density at radius 1 is 1.50 bits per heavy atom. The average Bonchev–Trinajstić information content (AvgIpc) is 2.54. The van der Waals surface area contributed by atoms with E-state index in [1.165, 1.54) is 12.8 Å². The summed E-state index contributed by atoms with van der Waals surface area (Å²) in [5.41, 5.74) is 1.09. The molecule has 1 aromatic rings. The molecule has 0 atom stereocenters. The first-order valence-corrected chi connectivity index (χ1v) is 4.98. The first-order chi connectivity index (χ1) is 5.86. The van der Waals surface area contributed by atoms with Crippen LogP contribution in [0, 0.1) is 0 Å². The van der Waals surface area contributed by atoms with Crippen molar-refractivity contribution in [2.24, 2.45) is 0 Å². The van der Waals surface area contributed by atoms with E-state index in [0.29, 0.717) is 5.92 Å². The van der Waals surface area contributed by atoms with Crippen LogP contribution in [0.15, 0.2) is 15.3 Å². The molecule has 0 aromatic carbocycles. The van der Waals surface area contributed by atoms with Gasteiger partial charge in [-0.15, -0.1) is 0 Å². The number of hydrogen-bond acceptors (Lipinski definition) is 3. The Morgan fingerprint density at radius 2 is 2.25 bits per heavy atom. The molecular weight excluding hydrogens is 220 g/mol. The van der Waals surface area contributed by atoms with Crippen molar-refractivity contribution in [2.45, 2.75) is 18.8 Å². The maximum atomic E-state index is 4.96. The molecule has 1 aliphatic rings. The number of nitrogens with zero attached hydrogens (tertiary/aromatic N) is 1. The summed E-state index contributed by atoms with van der Waals surface area (Å²) >= 11 is 3.25. The first kappa shape index (κ1) is 8.26. The molecule has 0 saturated carbocycles. The molecule has 1 aromatic heterocycles. The van der Waals surface area contributed by atoms with Crippen LogP contribution < -0.4 is 5.32 Å². The highest BCUT2D eigenvalue weighted by Gasteiger charge is 2.18. The van der Waals surface area contributed by atoms with Crippen molar-refractivity contribution >= 4 is 15.9 Å². The van der Waals surface area contributed by atoms with Gasteiger partial charge in [0.2, 0.25) is 4.67 Å². The standard InChI is InChI=1S/C8H11BrN2O/c9-8-5-7(11-12-8)6-1-3-10-4-2-6/h5-6,10H,1-4H2. The molecule has 3 nitrogen and oxygen atoms in total. The van der Waals surface area contributed by atoms with Gasteiger partial charge in [0, 0.05) is 12.0 Å². The Labute approximate surface area is 79.6 Å². The molecule has 0 amide bonds. The zero-order valence-corrected chi connectivity index (χ0v) is 8.30. The Kier molecular flexibility index (Phi) is 2.46. The molecule has 12 heavy (non-hydrogen) atoms. The van der Waals surface area contributed by atoms with Crippen LogP contribution in [0.3, 0.4) is 0 Å². The van der Waals surface area contributed by atoms with Crippen molar-refractivity contribution in [2.75, 3.05) is 13.1 Å². The van der Waals surface area contributed by atoms with E-state index in [1.807, 2.05) is 6.07 Å². The summed E-state index contributed by atoms with van der Waals surface area (Å²) in [4.78, 5) is 0. The van der Waals surface area contributed by atoms with Gasteiger partial charge in [0.15, 0.2) is 0 Å². The van der Waals surface area contributed by atoms with Crippen LogP contribution >= 0.6 is 15.9 Å². The molecule has 1 aliphatic heterocycles. The summed E-state index contributed by atoms with van der Waals surface area (Å²) in [5, 5.41) is 7.31. The minimum absolute atomic E-state index is 0.585. The molecule has 1 N–H and O–H groups in total. The van der Waals surface area contributed by atoms with Crippen molar-refractivity contribution in [3.8, 4) is 0 Å². The second-order valence-electron chi connectivity index (χ2n) is 3.08. The van der Waals surface area contributed by atoms with Crippen LogP contribution in [0.2, 0.25) is 0 Å². The summed E-state index contributed by atoms with van der Waals surface area (Å²) in [6, 6.07) is 1.97. The zero-order valence-electron chi connectivity index (χ0n) is 6.72. The average molecular weight is 231 g/mol. The number of hydrogen-bond donors (Lipinski definition) is 1. The van der Waals surface area contributed by atoms with E-state index in [1.54, 1.807) is 0 Å². The van der Waals surface area contributed by atoms with Gasteiger partial charge in [0.1, 0.15) is 0 Å². The smallest absolute Gasteiger partial charge is 0.202 e. The van der Waals surface area contributed by atoms with E-state index >= 15 is 0 Å². The lowest BCUT2D eigenvalue weighted by Gasteiger charge is -2.19. The number of aromatic nitrogens is 1. The summed E-state index contributed by atoms with van der Waals surface area (Å²) in [6.45, 7) is 2.18. The molecule has 66 valence electrons. The topological polar surface area (TPSA) is 38.1 Å². The first-order valence-electron chi connectivity index (χ1n) is 4.19. The van der Waals surface area contributed by atoms with Gasteiger partial charge >= 0.3 is 0 Å². The Hall–Kier alpha value is -0.350. The molecule has 4 heteroatoms. The molecule has 1 saturated heterocycles. The van der Waals surface area contributed by atoms with Crippen molar-refractivity contribution in [1.82, 2.24) is 10.5 Å². The normalized spacial score (nSPS) is 19.8. The lowest BCUT2D eigenvalue weighted by molar-refractivity contribution is 0.373. The number of halogens is 1. The van der Waals surface area contributed by atoms with E-state index in [9.17, 15) is 0 Å². The third-order valence-corrected chi connectivity index (χ3v) is 2.63.